The molecule has 1 saturated heterocycles. The number of nitrogens with one attached hydrogen (secondary N) is 1. The van der Waals surface area contributed by atoms with E-state index in [-0.39, 0.29) is 17.9 Å². The maximum absolute atomic E-state index is 11.7. The molecule has 0 radical (unpaired) electrons. The average molecular weight is 224 g/mol. The van der Waals surface area contributed by atoms with Crippen molar-refractivity contribution in [1.82, 2.24) is 14.9 Å². The number of carbonyl (C=O) groups excluding carboxylic acids is 1. The van der Waals surface area contributed by atoms with Crippen LogP contribution in [0.3, 0.4) is 0 Å². The Kier molecular flexibility index (Phi) is 3.53. The monoisotopic (exact) mass is 224 g/mol. The van der Waals surface area contributed by atoms with Crippen molar-refractivity contribution in [2.75, 3.05) is 19.8 Å². The van der Waals surface area contributed by atoms with Crippen LogP contribution in [0, 0.1) is 5.92 Å². The van der Waals surface area contributed by atoms with E-state index in [4.69, 9.17) is 10.5 Å². The molecule has 3 N–H and O–H groups in total. The van der Waals surface area contributed by atoms with Crippen molar-refractivity contribution in [2.45, 2.75) is 12.6 Å². The molecule has 2 rings (SSSR count). The third kappa shape index (κ3) is 2.59. The number of amides is 1. The Morgan fingerprint density at radius 3 is 3.12 bits per heavy atom. The van der Waals surface area contributed by atoms with Gasteiger partial charge in [-0.2, -0.15) is 0 Å². The van der Waals surface area contributed by atoms with Gasteiger partial charge in [0, 0.05) is 31.5 Å². The molecule has 0 aromatic carbocycles. The fourth-order valence-corrected chi connectivity index (χ4v) is 1.70. The maximum Gasteiger partial charge on any atom is 0.227 e. The number of nitrogens with zero attached hydrogens (tertiary/aromatic N) is 2. The van der Waals surface area contributed by atoms with E-state index in [1.54, 1.807) is 12.5 Å². The molecule has 2 atom stereocenters. The molecule has 1 fully saturated rings. The van der Waals surface area contributed by atoms with Gasteiger partial charge in [-0.1, -0.05) is 0 Å². The van der Waals surface area contributed by atoms with Crippen LogP contribution in [-0.2, 0) is 16.1 Å². The summed E-state index contributed by atoms with van der Waals surface area (Å²) in [7, 11) is 0. The van der Waals surface area contributed by atoms with Gasteiger partial charge in [0.15, 0.2) is 0 Å². The Bertz CT molecular complexity index is 339. The van der Waals surface area contributed by atoms with E-state index in [2.05, 4.69) is 10.3 Å². The summed E-state index contributed by atoms with van der Waals surface area (Å²) in [6, 6.07) is -0.173. The lowest BCUT2D eigenvalue weighted by molar-refractivity contribution is -0.125. The molecule has 6 heteroatoms. The second kappa shape index (κ2) is 5.09. The zero-order chi connectivity index (χ0) is 11.4. The van der Waals surface area contributed by atoms with Gasteiger partial charge in [0.1, 0.15) is 0 Å². The Hall–Kier alpha value is -1.40. The Morgan fingerprint density at radius 2 is 2.50 bits per heavy atom. The Balaban J connectivity index is 1.71. The molecule has 1 aliphatic rings. The van der Waals surface area contributed by atoms with Crippen LogP contribution in [0.4, 0.5) is 0 Å². The second-order valence-electron chi connectivity index (χ2n) is 3.90. The van der Waals surface area contributed by atoms with Crippen molar-refractivity contribution >= 4 is 5.91 Å². The molecule has 1 aromatic rings. The summed E-state index contributed by atoms with van der Waals surface area (Å²) in [5.41, 5.74) is 5.75. The molecule has 0 bridgehead atoms. The number of hydrogen-bond donors (Lipinski definition) is 2. The van der Waals surface area contributed by atoms with E-state index in [9.17, 15) is 4.79 Å². The third-order valence-corrected chi connectivity index (χ3v) is 2.69. The standard InChI is InChI=1S/C10H16N4O2/c11-9-6-16-5-8(9)10(15)13-2-4-14-3-1-12-7-14/h1,3,7-9H,2,4-6,11H2,(H,13,15). The summed E-state index contributed by atoms with van der Waals surface area (Å²) in [6.07, 6.45) is 5.29. The van der Waals surface area contributed by atoms with Crippen molar-refractivity contribution < 1.29 is 9.53 Å². The zero-order valence-corrected chi connectivity index (χ0v) is 9.00. The molecule has 1 aromatic heterocycles. The van der Waals surface area contributed by atoms with E-state index >= 15 is 0 Å². The lowest BCUT2D eigenvalue weighted by atomic mass is 10.0. The minimum Gasteiger partial charge on any atom is -0.379 e. The Labute approximate surface area is 93.8 Å². The fourth-order valence-electron chi connectivity index (χ4n) is 1.70. The predicted molar refractivity (Wildman–Crippen MR) is 57.5 cm³/mol. The van der Waals surface area contributed by atoms with Crippen molar-refractivity contribution in [3.05, 3.63) is 18.7 Å². The Morgan fingerprint density at radius 1 is 1.62 bits per heavy atom. The van der Waals surface area contributed by atoms with E-state index in [0.717, 1.165) is 0 Å². The average Bonchev–Trinajstić information content (AvgIpc) is 2.88. The lowest BCUT2D eigenvalue weighted by Crippen LogP contribution is -2.41. The smallest absolute Gasteiger partial charge is 0.227 e. The van der Waals surface area contributed by atoms with Gasteiger partial charge >= 0.3 is 0 Å². The highest BCUT2D eigenvalue weighted by Crippen LogP contribution is 2.11. The molecule has 1 amide bonds. The number of carbonyl (C=O) groups is 1. The van der Waals surface area contributed by atoms with Crippen LogP contribution in [0.25, 0.3) is 0 Å². The largest absolute Gasteiger partial charge is 0.379 e. The van der Waals surface area contributed by atoms with Gasteiger partial charge < -0.3 is 20.4 Å². The highest BCUT2D eigenvalue weighted by atomic mass is 16.5. The number of rotatable bonds is 4. The van der Waals surface area contributed by atoms with Crippen molar-refractivity contribution in [2.24, 2.45) is 11.7 Å². The number of aromatic nitrogens is 2. The first kappa shape index (κ1) is 11.1. The van der Waals surface area contributed by atoms with Crippen molar-refractivity contribution in [3.63, 3.8) is 0 Å². The van der Waals surface area contributed by atoms with Crippen LogP contribution in [0.2, 0.25) is 0 Å². The topological polar surface area (TPSA) is 82.2 Å². The molecule has 0 spiro atoms. The summed E-state index contributed by atoms with van der Waals surface area (Å²) < 4.78 is 7.05. The SMILES string of the molecule is NC1COCC1C(=O)NCCn1ccnc1. The predicted octanol–water partition coefficient (Wildman–Crippen LogP) is -1.03. The molecular formula is C10H16N4O2. The number of hydrogen-bond acceptors (Lipinski definition) is 4. The first-order valence-corrected chi connectivity index (χ1v) is 5.34. The van der Waals surface area contributed by atoms with Gasteiger partial charge in [-0.3, -0.25) is 4.79 Å². The van der Waals surface area contributed by atoms with Gasteiger partial charge in [0.05, 0.1) is 25.5 Å². The third-order valence-electron chi connectivity index (χ3n) is 2.69. The van der Waals surface area contributed by atoms with Crippen LogP contribution >= 0.6 is 0 Å². The summed E-state index contributed by atoms with van der Waals surface area (Å²) in [5.74, 6) is -0.229. The van der Waals surface area contributed by atoms with E-state index in [0.29, 0.717) is 26.3 Å². The molecule has 2 unspecified atom stereocenters. The first-order chi connectivity index (χ1) is 7.77. The molecule has 88 valence electrons. The fraction of sp³-hybridized carbons (Fsp3) is 0.600. The molecule has 1 aliphatic heterocycles. The van der Waals surface area contributed by atoms with E-state index < -0.39 is 0 Å². The second-order valence-corrected chi connectivity index (χ2v) is 3.90. The molecule has 0 saturated carbocycles. The molecule has 6 nitrogen and oxygen atoms in total. The van der Waals surface area contributed by atoms with Gasteiger partial charge in [-0.05, 0) is 0 Å². The summed E-state index contributed by atoms with van der Waals surface area (Å²) in [5, 5.41) is 2.85. The first-order valence-electron chi connectivity index (χ1n) is 5.34. The van der Waals surface area contributed by atoms with Crippen LogP contribution in [0.15, 0.2) is 18.7 Å². The van der Waals surface area contributed by atoms with E-state index in [1.165, 1.54) is 0 Å². The molecule has 2 heterocycles. The van der Waals surface area contributed by atoms with Crippen LogP contribution < -0.4 is 11.1 Å². The maximum atomic E-state index is 11.7. The van der Waals surface area contributed by atoms with Gasteiger partial charge in [0.25, 0.3) is 0 Å². The molecule has 16 heavy (non-hydrogen) atoms. The van der Waals surface area contributed by atoms with Crippen LogP contribution in [0.5, 0.6) is 0 Å². The van der Waals surface area contributed by atoms with Crippen LogP contribution in [-0.4, -0.2) is 41.3 Å². The molecule has 0 aliphatic carbocycles. The minimum atomic E-state index is -0.206. The lowest BCUT2D eigenvalue weighted by Gasteiger charge is -2.13. The summed E-state index contributed by atoms with van der Waals surface area (Å²) >= 11 is 0. The number of nitrogens with two attached hydrogens (primary N) is 1. The zero-order valence-electron chi connectivity index (χ0n) is 9.00. The number of imidazole rings is 1. The van der Waals surface area contributed by atoms with Crippen LogP contribution in [0.1, 0.15) is 0 Å². The summed E-state index contributed by atoms with van der Waals surface area (Å²) in [6.45, 7) is 2.20. The van der Waals surface area contributed by atoms with Crippen molar-refractivity contribution in [1.29, 1.82) is 0 Å². The normalized spacial score (nSPS) is 24.6. The minimum absolute atomic E-state index is 0.0230. The van der Waals surface area contributed by atoms with Gasteiger partial charge in [-0.15, -0.1) is 0 Å². The quantitative estimate of drug-likeness (QED) is 0.685. The van der Waals surface area contributed by atoms with E-state index in [1.807, 2.05) is 10.8 Å². The van der Waals surface area contributed by atoms with Gasteiger partial charge in [0.2, 0.25) is 5.91 Å². The van der Waals surface area contributed by atoms with Crippen molar-refractivity contribution in [3.8, 4) is 0 Å². The van der Waals surface area contributed by atoms with Gasteiger partial charge in [-0.25, -0.2) is 4.98 Å². The summed E-state index contributed by atoms with van der Waals surface area (Å²) in [4.78, 5) is 15.6. The highest BCUT2D eigenvalue weighted by molar-refractivity contribution is 5.79. The number of ether oxygens (including phenoxy) is 1. The molecular weight excluding hydrogens is 208 g/mol. The highest BCUT2D eigenvalue weighted by Gasteiger charge is 2.30.